The molecule has 3 N–H and O–H groups in total. The summed E-state index contributed by atoms with van der Waals surface area (Å²) in [6.45, 7) is 2.96. The molecule has 1 heterocycles. The Morgan fingerprint density at radius 1 is 0.978 bits per heavy atom. The maximum Gasteiger partial charge on any atom is 0.416 e. The number of hydrogen-bond donors (Lipinski definition) is 3. The van der Waals surface area contributed by atoms with Gasteiger partial charge in [0.05, 0.1) is 41.4 Å². The van der Waals surface area contributed by atoms with Crippen molar-refractivity contribution in [1.29, 1.82) is 0 Å². The molecule has 0 radical (unpaired) electrons. The third-order valence-electron chi connectivity index (χ3n) is 8.65. The van der Waals surface area contributed by atoms with Gasteiger partial charge >= 0.3 is 12.4 Å². The molecule has 2 aliphatic rings. The first kappa shape index (κ1) is 35.1. The fraction of sp³-hybridized carbons (Fsp3) is 0.455. The number of alkyl halides is 6. The zero-order valence-electron chi connectivity index (χ0n) is 25.1. The number of phenols is 1. The molecule has 2 amide bonds. The standard InChI is InChI=1S/C33H34F7NO5/c1-3-5-17(10-18-7-8-26(43)25(34)11-18)6-9-27(44)28-19(4-2)12-23-29(24(28)16-42)31(46)41(30(23)45)22-14-20(32(35,36)37)13-21(15-22)33(38,39)40/h7-8,10-11,13-15,23-24,27,29,42-44H,3-6,9,12,16H2,1-2H3/b17-10+/t23-,24+,27-,29-/m1/s1. The first-order chi connectivity index (χ1) is 21.5. The highest BCUT2D eigenvalue weighted by Crippen LogP contribution is 2.49. The van der Waals surface area contributed by atoms with Crippen molar-refractivity contribution in [2.75, 3.05) is 11.5 Å². The molecule has 0 spiro atoms. The van der Waals surface area contributed by atoms with Gasteiger partial charge in [0, 0.05) is 5.92 Å². The Morgan fingerprint density at radius 2 is 1.61 bits per heavy atom. The number of fused-ring (bicyclic) bond motifs is 1. The van der Waals surface area contributed by atoms with Crippen molar-refractivity contribution < 1.29 is 55.6 Å². The highest BCUT2D eigenvalue weighted by Gasteiger charge is 2.55. The Morgan fingerprint density at radius 3 is 2.13 bits per heavy atom. The molecule has 2 aromatic rings. The molecule has 4 atom stereocenters. The van der Waals surface area contributed by atoms with E-state index in [0.717, 1.165) is 12.0 Å². The van der Waals surface area contributed by atoms with E-state index < -0.39 is 83.0 Å². The number of rotatable bonds is 10. The predicted molar refractivity (Wildman–Crippen MR) is 155 cm³/mol. The van der Waals surface area contributed by atoms with Crippen molar-refractivity contribution in [3.63, 3.8) is 0 Å². The van der Waals surface area contributed by atoms with Gasteiger partial charge in [-0.15, -0.1) is 0 Å². The number of imide groups is 1. The monoisotopic (exact) mass is 657 g/mol. The van der Waals surface area contributed by atoms with Crippen LogP contribution in [0, 0.1) is 23.6 Å². The Bertz CT molecular complexity index is 1510. The minimum absolute atomic E-state index is 0.0688. The molecule has 0 unspecified atom stereocenters. The minimum Gasteiger partial charge on any atom is -0.505 e. The van der Waals surface area contributed by atoms with Crippen LogP contribution in [-0.2, 0) is 21.9 Å². The number of allylic oxidation sites excluding steroid dienone is 2. The summed E-state index contributed by atoms with van der Waals surface area (Å²) in [6.07, 6.45) is -7.85. The number of benzene rings is 2. The van der Waals surface area contributed by atoms with Crippen LogP contribution in [0.5, 0.6) is 5.75 Å². The van der Waals surface area contributed by atoms with Crippen molar-refractivity contribution in [1.82, 2.24) is 0 Å². The van der Waals surface area contributed by atoms with Crippen LogP contribution in [0.25, 0.3) is 6.08 Å². The van der Waals surface area contributed by atoms with Gasteiger partial charge in [0.1, 0.15) is 0 Å². The maximum absolute atomic E-state index is 13.9. The van der Waals surface area contributed by atoms with Crippen LogP contribution in [0.3, 0.4) is 0 Å². The number of carbonyl (C=O) groups is 2. The van der Waals surface area contributed by atoms with Gasteiger partial charge in [-0.2, -0.15) is 26.3 Å². The van der Waals surface area contributed by atoms with E-state index in [1.807, 2.05) is 6.92 Å². The largest absolute Gasteiger partial charge is 0.505 e. The van der Waals surface area contributed by atoms with Crippen LogP contribution >= 0.6 is 0 Å². The van der Waals surface area contributed by atoms with E-state index in [2.05, 4.69) is 0 Å². The summed E-state index contributed by atoms with van der Waals surface area (Å²) in [5, 5.41) is 31.3. The number of aliphatic hydroxyl groups excluding tert-OH is 2. The lowest BCUT2D eigenvalue weighted by molar-refractivity contribution is -0.143. The summed E-state index contributed by atoms with van der Waals surface area (Å²) in [6, 6.07) is 4.46. The first-order valence-electron chi connectivity index (χ1n) is 14.9. The quantitative estimate of drug-likeness (QED) is 0.140. The van der Waals surface area contributed by atoms with Gasteiger partial charge in [0.2, 0.25) is 11.8 Å². The zero-order valence-corrected chi connectivity index (χ0v) is 25.1. The van der Waals surface area contributed by atoms with Crippen LogP contribution in [0.4, 0.5) is 36.4 Å². The van der Waals surface area contributed by atoms with Crippen molar-refractivity contribution in [2.24, 2.45) is 17.8 Å². The Labute approximate surface area is 260 Å². The molecule has 2 aromatic carbocycles. The van der Waals surface area contributed by atoms with Crippen LogP contribution in [0.1, 0.15) is 69.1 Å². The van der Waals surface area contributed by atoms with Crippen molar-refractivity contribution in [2.45, 2.75) is 70.8 Å². The Balaban J connectivity index is 1.65. The number of hydrogen-bond acceptors (Lipinski definition) is 5. The summed E-state index contributed by atoms with van der Waals surface area (Å²) < 4.78 is 95.2. The van der Waals surface area contributed by atoms with Crippen LogP contribution in [-0.4, -0.2) is 39.8 Å². The number of anilines is 1. The third-order valence-corrected chi connectivity index (χ3v) is 8.65. The van der Waals surface area contributed by atoms with E-state index in [-0.39, 0.29) is 18.9 Å². The highest BCUT2D eigenvalue weighted by atomic mass is 19.4. The zero-order chi connectivity index (χ0) is 34.1. The van der Waals surface area contributed by atoms with E-state index in [1.165, 1.54) is 18.2 Å². The number of aliphatic hydroxyl groups is 2. The second kappa shape index (κ2) is 13.6. The predicted octanol–water partition coefficient (Wildman–Crippen LogP) is 7.42. The van der Waals surface area contributed by atoms with E-state index in [0.29, 0.717) is 53.0 Å². The Kier molecular flexibility index (Phi) is 10.4. The molecular formula is C33H34F7NO5. The van der Waals surface area contributed by atoms with Gasteiger partial charge in [-0.3, -0.25) is 9.59 Å². The fourth-order valence-electron chi connectivity index (χ4n) is 6.54. The topological polar surface area (TPSA) is 98.1 Å². The van der Waals surface area contributed by atoms with Gasteiger partial charge in [0.25, 0.3) is 0 Å². The minimum atomic E-state index is -5.20. The maximum atomic E-state index is 13.9. The molecule has 250 valence electrons. The molecule has 1 saturated heterocycles. The molecule has 1 fully saturated rings. The molecule has 0 aromatic heterocycles. The summed E-state index contributed by atoms with van der Waals surface area (Å²) in [7, 11) is 0. The Hall–Kier alpha value is -3.71. The van der Waals surface area contributed by atoms with Crippen molar-refractivity contribution in [3.8, 4) is 5.75 Å². The van der Waals surface area contributed by atoms with E-state index in [9.17, 15) is 55.6 Å². The molecule has 1 aliphatic carbocycles. The first-order valence-corrected chi connectivity index (χ1v) is 14.9. The third kappa shape index (κ3) is 7.15. The second-order valence-electron chi connectivity index (χ2n) is 11.6. The number of halogens is 7. The van der Waals surface area contributed by atoms with Gasteiger partial charge in [-0.25, -0.2) is 9.29 Å². The molecule has 6 nitrogen and oxygen atoms in total. The average Bonchev–Trinajstić information content (AvgIpc) is 3.24. The lowest BCUT2D eigenvalue weighted by atomic mass is 9.67. The molecular weight excluding hydrogens is 623 g/mol. The molecule has 13 heteroatoms. The second-order valence-corrected chi connectivity index (χ2v) is 11.6. The van der Waals surface area contributed by atoms with Gasteiger partial charge in [0.15, 0.2) is 11.6 Å². The van der Waals surface area contributed by atoms with E-state index in [1.54, 1.807) is 13.0 Å². The van der Waals surface area contributed by atoms with E-state index >= 15 is 0 Å². The highest BCUT2D eigenvalue weighted by molar-refractivity contribution is 6.22. The van der Waals surface area contributed by atoms with Crippen LogP contribution in [0.15, 0.2) is 53.1 Å². The summed E-state index contributed by atoms with van der Waals surface area (Å²) in [5.41, 5.74) is -2.00. The summed E-state index contributed by atoms with van der Waals surface area (Å²) in [5.74, 6) is -6.90. The fourth-order valence-corrected chi connectivity index (χ4v) is 6.54. The summed E-state index contributed by atoms with van der Waals surface area (Å²) >= 11 is 0. The van der Waals surface area contributed by atoms with Crippen LogP contribution < -0.4 is 4.90 Å². The number of amides is 2. The number of carbonyl (C=O) groups excluding carboxylic acids is 2. The molecule has 4 rings (SSSR count). The lowest BCUT2D eigenvalue weighted by Gasteiger charge is -2.36. The van der Waals surface area contributed by atoms with Gasteiger partial charge < -0.3 is 15.3 Å². The van der Waals surface area contributed by atoms with Gasteiger partial charge in [-0.1, -0.05) is 43.6 Å². The number of nitrogens with zero attached hydrogens (tertiary/aromatic N) is 1. The van der Waals surface area contributed by atoms with Crippen LogP contribution in [0.2, 0.25) is 0 Å². The molecule has 1 aliphatic heterocycles. The number of aromatic hydroxyl groups is 1. The van der Waals surface area contributed by atoms with E-state index in [4.69, 9.17) is 0 Å². The normalized spacial score (nSPS) is 21.7. The van der Waals surface area contributed by atoms with Crippen molar-refractivity contribution in [3.05, 3.63) is 75.6 Å². The summed E-state index contributed by atoms with van der Waals surface area (Å²) in [4.78, 5) is 27.5. The molecule has 0 bridgehead atoms. The smallest absolute Gasteiger partial charge is 0.416 e. The average molecular weight is 658 g/mol. The molecule has 46 heavy (non-hydrogen) atoms. The SMILES string of the molecule is CCC/C(=C\c1ccc(O)c(F)c1)CC[C@@H](O)C1=C(CC)C[C@H]2C(=O)N(c3cc(C(F)(F)F)cc(C(F)(F)F)c3)C(=O)[C@H]2[C@H]1CO. The lowest BCUT2D eigenvalue weighted by Crippen LogP contribution is -2.39. The van der Waals surface area contributed by atoms with Crippen molar-refractivity contribution >= 4 is 23.6 Å². The molecule has 0 saturated carbocycles. The number of phenolic OH excluding ortho intramolecular Hbond substituents is 1. The van der Waals surface area contributed by atoms with Gasteiger partial charge in [-0.05, 0) is 73.6 Å².